The van der Waals surface area contributed by atoms with Gasteiger partial charge in [0.2, 0.25) is 0 Å². The second kappa shape index (κ2) is 5.65. The predicted molar refractivity (Wildman–Crippen MR) is 63.7 cm³/mol. The van der Waals surface area contributed by atoms with E-state index < -0.39 is 13.2 Å². The lowest BCUT2D eigenvalue weighted by Crippen LogP contribution is -2.26. The molecule has 0 fully saturated rings. The molecule has 2 N–H and O–H groups in total. The fourth-order valence-corrected chi connectivity index (χ4v) is 1.61. The quantitative estimate of drug-likeness (QED) is 0.767. The molecule has 0 bridgehead atoms. The summed E-state index contributed by atoms with van der Waals surface area (Å²) in [5.74, 6) is 0.719. The van der Waals surface area contributed by atoms with Crippen LogP contribution < -0.4 is 4.74 Å². The van der Waals surface area contributed by atoms with Gasteiger partial charge < -0.3 is 14.5 Å². The Morgan fingerprint density at radius 3 is 2.29 bits per heavy atom. The molecular formula is C11H17O5P. The number of ether oxygens (including phenoxy) is 1. The van der Waals surface area contributed by atoms with E-state index in [4.69, 9.17) is 14.5 Å². The smallest absolute Gasteiger partial charge is 0.469 e. The third kappa shape index (κ3) is 6.44. The van der Waals surface area contributed by atoms with Crippen molar-refractivity contribution < 1.29 is 23.6 Å². The summed E-state index contributed by atoms with van der Waals surface area (Å²) < 4.78 is 20.6. The number of benzene rings is 1. The molecule has 0 unspecified atom stereocenters. The lowest BCUT2D eigenvalue weighted by Gasteiger charge is -2.24. The van der Waals surface area contributed by atoms with Crippen molar-refractivity contribution >= 4 is 7.82 Å². The van der Waals surface area contributed by atoms with Gasteiger partial charge in [0.25, 0.3) is 0 Å². The van der Waals surface area contributed by atoms with Gasteiger partial charge in [0, 0.05) is 5.41 Å². The molecule has 0 saturated carbocycles. The van der Waals surface area contributed by atoms with Crippen molar-refractivity contribution in [1.29, 1.82) is 0 Å². The maximum absolute atomic E-state index is 10.6. The zero-order valence-electron chi connectivity index (χ0n) is 9.87. The molecule has 0 amide bonds. The maximum Gasteiger partial charge on any atom is 0.469 e. The minimum Gasteiger partial charge on any atom is -0.493 e. The predicted octanol–water partition coefficient (Wildman–Crippen LogP) is 2.20. The van der Waals surface area contributed by atoms with Gasteiger partial charge in [-0.15, -0.1) is 0 Å². The zero-order chi connectivity index (χ0) is 12.9. The van der Waals surface area contributed by atoms with Crippen LogP contribution >= 0.6 is 7.82 Å². The first-order chi connectivity index (χ1) is 7.79. The normalized spacial score (nSPS) is 12.5. The summed E-state index contributed by atoms with van der Waals surface area (Å²) in [6, 6.07) is 9.23. The lowest BCUT2D eigenvalue weighted by molar-refractivity contribution is 0.0866. The van der Waals surface area contributed by atoms with Crippen molar-refractivity contribution in [1.82, 2.24) is 0 Å². The molecule has 6 heteroatoms. The Hall–Kier alpha value is -0.870. The van der Waals surface area contributed by atoms with Gasteiger partial charge in [-0.25, -0.2) is 4.57 Å². The Labute approximate surface area is 101 Å². The van der Waals surface area contributed by atoms with Crippen LogP contribution in [-0.2, 0) is 9.09 Å². The Morgan fingerprint density at radius 2 is 1.76 bits per heavy atom. The number of phosphoric ester groups is 1. The van der Waals surface area contributed by atoms with E-state index >= 15 is 0 Å². The topological polar surface area (TPSA) is 76.0 Å². The molecule has 0 aliphatic heterocycles. The lowest BCUT2D eigenvalue weighted by atomic mass is 9.96. The molecule has 1 rings (SSSR count). The van der Waals surface area contributed by atoms with E-state index in [-0.39, 0.29) is 6.61 Å². The van der Waals surface area contributed by atoms with Gasteiger partial charge in [-0.1, -0.05) is 32.0 Å². The van der Waals surface area contributed by atoms with Gasteiger partial charge in [0.15, 0.2) is 0 Å². The van der Waals surface area contributed by atoms with Crippen LogP contribution in [0.5, 0.6) is 5.75 Å². The van der Waals surface area contributed by atoms with Gasteiger partial charge >= 0.3 is 7.82 Å². The van der Waals surface area contributed by atoms with E-state index in [0.29, 0.717) is 6.61 Å². The number of hydrogen-bond acceptors (Lipinski definition) is 3. The van der Waals surface area contributed by atoms with E-state index in [1.807, 2.05) is 44.2 Å². The second-order valence-corrected chi connectivity index (χ2v) is 5.77. The third-order valence-electron chi connectivity index (χ3n) is 2.00. The molecule has 1 aromatic carbocycles. The monoisotopic (exact) mass is 260 g/mol. The fraction of sp³-hybridized carbons (Fsp3) is 0.455. The van der Waals surface area contributed by atoms with Crippen LogP contribution in [0.15, 0.2) is 30.3 Å². The van der Waals surface area contributed by atoms with E-state index in [9.17, 15) is 4.57 Å². The van der Waals surface area contributed by atoms with Crippen molar-refractivity contribution in [3.8, 4) is 5.75 Å². The number of rotatable bonds is 6. The van der Waals surface area contributed by atoms with Gasteiger partial charge in [0.1, 0.15) is 5.75 Å². The van der Waals surface area contributed by atoms with Gasteiger partial charge in [-0.2, -0.15) is 0 Å². The van der Waals surface area contributed by atoms with Crippen molar-refractivity contribution in [3.63, 3.8) is 0 Å². The minimum absolute atomic E-state index is 0.0654. The van der Waals surface area contributed by atoms with Crippen molar-refractivity contribution in [2.45, 2.75) is 13.8 Å². The standard InChI is InChI=1S/C11H17O5P/c1-11(2,9-16-17(12,13)14)8-15-10-6-4-3-5-7-10/h3-7H,8-9H2,1-2H3,(H2,12,13,14). The average Bonchev–Trinajstić information content (AvgIpc) is 2.25. The molecule has 0 atom stereocenters. The highest BCUT2D eigenvalue weighted by molar-refractivity contribution is 7.46. The molecule has 0 saturated heterocycles. The summed E-state index contributed by atoms with van der Waals surface area (Å²) in [4.78, 5) is 17.2. The SMILES string of the molecule is CC(C)(COc1ccccc1)COP(=O)(O)O. The van der Waals surface area contributed by atoms with Crippen LogP contribution in [0, 0.1) is 5.41 Å². The van der Waals surface area contributed by atoms with Crippen molar-refractivity contribution in [2.75, 3.05) is 13.2 Å². The highest BCUT2D eigenvalue weighted by atomic mass is 31.2. The van der Waals surface area contributed by atoms with Crippen molar-refractivity contribution in [3.05, 3.63) is 30.3 Å². The summed E-state index contributed by atoms with van der Waals surface area (Å²) >= 11 is 0. The van der Waals surface area contributed by atoms with Crippen LogP contribution in [0.2, 0.25) is 0 Å². The molecular weight excluding hydrogens is 243 g/mol. The first kappa shape index (κ1) is 14.2. The maximum atomic E-state index is 10.6. The van der Waals surface area contributed by atoms with Crippen LogP contribution in [0.4, 0.5) is 0 Å². The third-order valence-corrected chi connectivity index (χ3v) is 2.46. The molecule has 0 spiro atoms. The first-order valence-electron chi connectivity index (χ1n) is 5.16. The first-order valence-corrected chi connectivity index (χ1v) is 6.69. The molecule has 0 radical (unpaired) electrons. The molecule has 17 heavy (non-hydrogen) atoms. The Balaban J connectivity index is 2.42. The second-order valence-electron chi connectivity index (χ2n) is 4.53. The summed E-state index contributed by atoms with van der Waals surface area (Å²) in [6.07, 6.45) is 0. The van der Waals surface area contributed by atoms with Gasteiger partial charge in [-0.3, -0.25) is 4.52 Å². The van der Waals surface area contributed by atoms with E-state index in [1.165, 1.54) is 0 Å². The van der Waals surface area contributed by atoms with E-state index in [2.05, 4.69) is 4.52 Å². The minimum atomic E-state index is -4.41. The Bertz CT molecular complexity index is 384. The van der Waals surface area contributed by atoms with Crippen LogP contribution in [0.3, 0.4) is 0 Å². The number of hydrogen-bond donors (Lipinski definition) is 2. The molecule has 1 aromatic rings. The number of para-hydroxylation sites is 1. The zero-order valence-corrected chi connectivity index (χ0v) is 10.8. The van der Waals surface area contributed by atoms with Crippen molar-refractivity contribution in [2.24, 2.45) is 5.41 Å². The van der Waals surface area contributed by atoms with Gasteiger partial charge in [-0.05, 0) is 12.1 Å². The van der Waals surface area contributed by atoms with Crippen LogP contribution in [-0.4, -0.2) is 23.0 Å². The van der Waals surface area contributed by atoms with Crippen LogP contribution in [0.25, 0.3) is 0 Å². The Morgan fingerprint density at radius 1 is 1.18 bits per heavy atom. The highest BCUT2D eigenvalue weighted by Gasteiger charge is 2.24. The fourth-order valence-electron chi connectivity index (χ4n) is 1.10. The molecule has 0 heterocycles. The molecule has 0 aliphatic rings. The van der Waals surface area contributed by atoms with Crippen LogP contribution in [0.1, 0.15) is 13.8 Å². The van der Waals surface area contributed by atoms with Gasteiger partial charge in [0.05, 0.1) is 13.2 Å². The number of phosphoric acid groups is 1. The molecule has 96 valence electrons. The summed E-state index contributed by atoms with van der Waals surface area (Å²) in [7, 11) is -4.41. The Kier molecular flexibility index (Phi) is 4.71. The molecule has 0 aromatic heterocycles. The average molecular weight is 260 g/mol. The summed E-state index contributed by atoms with van der Waals surface area (Å²) in [5.41, 5.74) is -0.475. The largest absolute Gasteiger partial charge is 0.493 e. The van der Waals surface area contributed by atoms with E-state index in [0.717, 1.165) is 5.75 Å². The summed E-state index contributed by atoms with van der Waals surface area (Å²) in [5, 5.41) is 0. The highest BCUT2D eigenvalue weighted by Crippen LogP contribution is 2.38. The molecule has 0 aliphatic carbocycles. The molecule has 5 nitrogen and oxygen atoms in total. The van der Waals surface area contributed by atoms with E-state index in [1.54, 1.807) is 0 Å². The summed E-state index contributed by atoms with van der Waals surface area (Å²) in [6.45, 7) is 3.87.